The van der Waals surface area contributed by atoms with Crippen LogP contribution in [0.25, 0.3) is 0 Å². The van der Waals surface area contributed by atoms with Crippen LogP contribution in [0.1, 0.15) is 25.7 Å². The minimum absolute atomic E-state index is 0.227. The van der Waals surface area contributed by atoms with E-state index in [0.717, 1.165) is 18.8 Å². The zero-order valence-corrected chi connectivity index (χ0v) is 10.1. The summed E-state index contributed by atoms with van der Waals surface area (Å²) < 4.78 is 18.9. The molecule has 0 aliphatic heterocycles. The summed E-state index contributed by atoms with van der Waals surface area (Å²) in [5.74, 6) is 1.18. The van der Waals surface area contributed by atoms with Gasteiger partial charge < -0.3 is 10.1 Å². The molecule has 3 atom stereocenters. The Labute approximate surface area is 101 Å². The van der Waals surface area contributed by atoms with Crippen LogP contribution in [0.3, 0.4) is 0 Å². The lowest BCUT2D eigenvalue weighted by atomic mass is 9.93. The quantitative estimate of drug-likeness (QED) is 0.869. The summed E-state index contributed by atoms with van der Waals surface area (Å²) in [5, 5.41) is 3.43. The standard InChI is InChI=1S/C14H18FNO/c1-16-14-6-5-13(7-10(14)9-14)17-12-4-2-3-11(15)8-12/h2-4,8,10,13,16H,5-7,9H2,1H3/t10?,13-,14?/m1/s1. The van der Waals surface area contributed by atoms with Gasteiger partial charge in [0.1, 0.15) is 11.6 Å². The number of fused-ring (bicyclic) bond motifs is 1. The van der Waals surface area contributed by atoms with Crippen LogP contribution in [-0.4, -0.2) is 18.7 Å². The Morgan fingerprint density at radius 1 is 1.47 bits per heavy atom. The van der Waals surface area contributed by atoms with E-state index in [1.807, 2.05) is 13.1 Å². The molecule has 0 spiro atoms. The molecule has 3 heteroatoms. The van der Waals surface area contributed by atoms with Crippen molar-refractivity contribution in [3.63, 3.8) is 0 Å². The van der Waals surface area contributed by atoms with Gasteiger partial charge in [-0.15, -0.1) is 0 Å². The normalized spacial score (nSPS) is 35.2. The molecular weight excluding hydrogens is 217 g/mol. The number of rotatable bonds is 3. The number of halogens is 1. The van der Waals surface area contributed by atoms with Gasteiger partial charge >= 0.3 is 0 Å². The summed E-state index contributed by atoms with van der Waals surface area (Å²) in [4.78, 5) is 0. The molecule has 0 heterocycles. The lowest BCUT2D eigenvalue weighted by Crippen LogP contribution is -2.37. The van der Waals surface area contributed by atoms with Gasteiger partial charge in [-0.05, 0) is 50.8 Å². The molecule has 2 nitrogen and oxygen atoms in total. The van der Waals surface area contributed by atoms with Crippen molar-refractivity contribution >= 4 is 0 Å². The average molecular weight is 235 g/mol. The fourth-order valence-corrected chi connectivity index (χ4v) is 3.12. The van der Waals surface area contributed by atoms with E-state index in [1.54, 1.807) is 6.07 Å². The van der Waals surface area contributed by atoms with E-state index >= 15 is 0 Å². The summed E-state index contributed by atoms with van der Waals surface area (Å²) in [7, 11) is 2.05. The maximum Gasteiger partial charge on any atom is 0.126 e. The Morgan fingerprint density at radius 3 is 3.06 bits per heavy atom. The molecule has 2 unspecified atom stereocenters. The largest absolute Gasteiger partial charge is 0.490 e. The maximum absolute atomic E-state index is 13.0. The predicted octanol–water partition coefficient (Wildman–Crippen LogP) is 2.74. The van der Waals surface area contributed by atoms with E-state index in [-0.39, 0.29) is 11.9 Å². The first-order valence-corrected chi connectivity index (χ1v) is 6.33. The number of nitrogens with one attached hydrogen (secondary N) is 1. The molecule has 3 rings (SSSR count). The van der Waals surface area contributed by atoms with Gasteiger partial charge in [-0.25, -0.2) is 4.39 Å². The molecule has 2 aliphatic rings. The van der Waals surface area contributed by atoms with Crippen LogP contribution in [-0.2, 0) is 0 Å². The van der Waals surface area contributed by atoms with Gasteiger partial charge in [-0.2, -0.15) is 0 Å². The second-order valence-corrected chi connectivity index (χ2v) is 5.28. The van der Waals surface area contributed by atoms with Gasteiger partial charge in [0.25, 0.3) is 0 Å². The van der Waals surface area contributed by atoms with Crippen molar-refractivity contribution in [2.45, 2.75) is 37.3 Å². The monoisotopic (exact) mass is 235 g/mol. The first kappa shape index (κ1) is 11.0. The molecule has 2 fully saturated rings. The van der Waals surface area contributed by atoms with Crippen molar-refractivity contribution in [1.82, 2.24) is 5.32 Å². The van der Waals surface area contributed by atoms with Crippen molar-refractivity contribution in [1.29, 1.82) is 0 Å². The third kappa shape index (κ3) is 2.04. The van der Waals surface area contributed by atoms with Crippen molar-refractivity contribution in [3.05, 3.63) is 30.1 Å². The zero-order chi connectivity index (χ0) is 11.9. The van der Waals surface area contributed by atoms with Gasteiger partial charge in [-0.1, -0.05) is 6.07 Å². The van der Waals surface area contributed by atoms with E-state index in [1.165, 1.54) is 25.0 Å². The molecule has 2 saturated carbocycles. The molecule has 92 valence electrons. The number of benzene rings is 1. The van der Waals surface area contributed by atoms with E-state index < -0.39 is 0 Å². The summed E-state index contributed by atoms with van der Waals surface area (Å²) >= 11 is 0. The fraction of sp³-hybridized carbons (Fsp3) is 0.571. The lowest BCUT2D eigenvalue weighted by Gasteiger charge is -2.28. The minimum Gasteiger partial charge on any atom is -0.490 e. The predicted molar refractivity (Wildman–Crippen MR) is 64.6 cm³/mol. The lowest BCUT2D eigenvalue weighted by molar-refractivity contribution is 0.138. The van der Waals surface area contributed by atoms with Crippen LogP contribution in [0, 0.1) is 11.7 Å². The van der Waals surface area contributed by atoms with E-state index in [0.29, 0.717) is 11.3 Å². The van der Waals surface area contributed by atoms with Crippen molar-refractivity contribution < 1.29 is 9.13 Å². The Hall–Kier alpha value is -1.09. The highest BCUT2D eigenvalue weighted by molar-refractivity contribution is 5.23. The molecule has 1 aromatic rings. The molecule has 1 N–H and O–H groups in total. The van der Waals surface area contributed by atoms with Crippen LogP contribution >= 0.6 is 0 Å². The maximum atomic E-state index is 13.0. The molecule has 2 aliphatic carbocycles. The highest BCUT2D eigenvalue weighted by Gasteiger charge is 2.56. The Balaban J connectivity index is 1.61. The number of ether oxygens (including phenoxy) is 1. The van der Waals surface area contributed by atoms with Gasteiger partial charge in [0.2, 0.25) is 0 Å². The highest BCUT2D eigenvalue weighted by atomic mass is 19.1. The van der Waals surface area contributed by atoms with Crippen molar-refractivity contribution in [2.24, 2.45) is 5.92 Å². The number of hydrogen-bond donors (Lipinski definition) is 1. The molecule has 0 amide bonds. The van der Waals surface area contributed by atoms with Gasteiger partial charge in [0.15, 0.2) is 0 Å². The van der Waals surface area contributed by atoms with Crippen LogP contribution in [0.4, 0.5) is 4.39 Å². The second kappa shape index (κ2) is 3.98. The van der Waals surface area contributed by atoms with Gasteiger partial charge in [-0.3, -0.25) is 0 Å². The molecule has 0 saturated heterocycles. The average Bonchev–Trinajstić information content (AvgIpc) is 3.03. The van der Waals surface area contributed by atoms with Crippen LogP contribution in [0.5, 0.6) is 5.75 Å². The van der Waals surface area contributed by atoms with E-state index in [2.05, 4.69) is 5.32 Å². The van der Waals surface area contributed by atoms with Crippen molar-refractivity contribution in [3.8, 4) is 5.75 Å². The summed E-state index contributed by atoms with van der Waals surface area (Å²) in [6, 6.07) is 6.44. The molecule has 17 heavy (non-hydrogen) atoms. The van der Waals surface area contributed by atoms with Crippen LogP contribution < -0.4 is 10.1 Å². The molecule has 0 aromatic heterocycles. The second-order valence-electron chi connectivity index (χ2n) is 5.28. The first-order chi connectivity index (χ1) is 8.22. The Morgan fingerprint density at radius 2 is 2.35 bits per heavy atom. The molecular formula is C14H18FNO. The third-order valence-corrected chi connectivity index (χ3v) is 4.29. The topological polar surface area (TPSA) is 21.3 Å². The van der Waals surface area contributed by atoms with Crippen LogP contribution in [0.15, 0.2) is 24.3 Å². The Kier molecular flexibility index (Phi) is 2.58. The Bertz CT molecular complexity index is 422. The minimum atomic E-state index is -0.227. The smallest absolute Gasteiger partial charge is 0.126 e. The number of hydrogen-bond acceptors (Lipinski definition) is 2. The summed E-state index contributed by atoms with van der Waals surface area (Å²) in [6.07, 6.45) is 4.86. The van der Waals surface area contributed by atoms with E-state index in [9.17, 15) is 4.39 Å². The molecule has 0 radical (unpaired) electrons. The van der Waals surface area contributed by atoms with E-state index in [4.69, 9.17) is 4.74 Å². The van der Waals surface area contributed by atoms with Gasteiger partial charge in [0, 0.05) is 11.6 Å². The highest BCUT2D eigenvalue weighted by Crippen LogP contribution is 2.53. The first-order valence-electron chi connectivity index (χ1n) is 6.33. The SMILES string of the molecule is CNC12CC[C@@H](Oc3cccc(F)c3)CC1C2. The van der Waals surface area contributed by atoms with Gasteiger partial charge in [0.05, 0.1) is 6.10 Å². The third-order valence-electron chi connectivity index (χ3n) is 4.29. The summed E-state index contributed by atoms with van der Waals surface area (Å²) in [6.45, 7) is 0. The zero-order valence-electron chi connectivity index (χ0n) is 10.1. The fourth-order valence-electron chi connectivity index (χ4n) is 3.12. The van der Waals surface area contributed by atoms with Crippen molar-refractivity contribution in [2.75, 3.05) is 7.05 Å². The molecule has 0 bridgehead atoms. The summed E-state index contributed by atoms with van der Waals surface area (Å²) in [5.41, 5.74) is 0.405. The van der Waals surface area contributed by atoms with Crippen LogP contribution in [0.2, 0.25) is 0 Å². The molecule has 1 aromatic carbocycles.